The maximum Gasteiger partial charge on any atom is 0.260 e. The number of methoxy groups -OCH3 is 1. The van der Waals surface area contributed by atoms with Crippen LogP contribution < -0.4 is 14.5 Å². The summed E-state index contributed by atoms with van der Waals surface area (Å²) in [6.45, 7) is 1.33. The largest absolute Gasteiger partial charge is 0.494 e. The predicted molar refractivity (Wildman–Crippen MR) is 136 cm³/mol. The Hall–Kier alpha value is -3.01. The minimum Gasteiger partial charge on any atom is -0.494 e. The zero-order valence-corrected chi connectivity index (χ0v) is 20.9. The minimum absolute atomic E-state index is 0. The van der Waals surface area contributed by atoms with Gasteiger partial charge in [0.25, 0.3) is 5.91 Å². The second-order valence-electron chi connectivity index (χ2n) is 8.09. The van der Waals surface area contributed by atoms with E-state index in [0.29, 0.717) is 28.7 Å². The van der Waals surface area contributed by atoms with Crippen LogP contribution in [0.2, 0.25) is 0 Å². The van der Waals surface area contributed by atoms with Crippen molar-refractivity contribution in [3.8, 4) is 5.75 Å². The van der Waals surface area contributed by atoms with Crippen LogP contribution in [0.15, 0.2) is 42.5 Å². The van der Waals surface area contributed by atoms with Gasteiger partial charge in [0, 0.05) is 24.9 Å². The molecule has 2 aromatic carbocycles. The molecule has 34 heavy (non-hydrogen) atoms. The summed E-state index contributed by atoms with van der Waals surface area (Å²) in [5, 5.41) is 0.604. The van der Waals surface area contributed by atoms with E-state index in [1.54, 1.807) is 36.3 Å². The number of rotatable bonds is 8. The lowest BCUT2D eigenvalue weighted by Crippen LogP contribution is -2.33. The average Bonchev–Trinajstić information content (AvgIpc) is 3.38. The van der Waals surface area contributed by atoms with Gasteiger partial charge in [0.2, 0.25) is 11.8 Å². The van der Waals surface area contributed by atoms with Crippen molar-refractivity contribution < 1.29 is 19.1 Å². The normalized spacial score (nSPS) is 13.5. The average molecular weight is 503 g/mol. The number of hydrogen-bond acceptors (Lipinski definition) is 7. The molecule has 1 saturated heterocycles. The Morgan fingerprint density at radius 3 is 2.35 bits per heavy atom. The number of nitrogens with zero attached hydrogens (tertiary/aromatic N) is 4. The highest BCUT2D eigenvalue weighted by molar-refractivity contribution is 7.22. The monoisotopic (exact) mass is 502 g/mol. The van der Waals surface area contributed by atoms with Crippen LogP contribution >= 0.6 is 23.7 Å². The Kier molecular flexibility index (Phi) is 8.24. The van der Waals surface area contributed by atoms with Gasteiger partial charge in [-0.15, -0.1) is 12.4 Å². The summed E-state index contributed by atoms with van der Waals surface area (Å²) >= 11 is 1.44. The zero-order valence-electron chi connectivity index (χ0n) is 19.3. The molecular weight excluding hydrogens is 476 g/mol. The molecule has 1 fully saturated rings. The number of anilines is 2. The van der Waals surface area contributed by atoms with Crippen molar-refractivity contribution >= 4 is 62.5 Å². The van der Waals surface area contributed by atoms with Crippen molar-refractivity contribution in [2.24, 2.45) is 0 Å². The van der Waals surface area contributed by atoms with Gasteiger partial charge in [-0.25, -0.2) is 4.98 Å². The van der Waals surface area contributed by atoms with E-state index in [-0.39, 0.29) is 43.0 Å². The molecule has 180 valence electrons. The van der Waals surface area contributed by atoms with E-state index in [0.717, 1.165) is 23.2 Å². The van der Waals surface area contributed by atoms with Gasteiger partial charge in [-0.05, 0) is 63.5 Å². The number of thiazole rings is 1. The van der Waals surface area contributed by atoms with E-state index in [1.807, 2.05) is 32.3 Å². The number of halogens is 1. The summed E-state index contributed by atoms with van der Waals surface area (Å²) in [7, 11) is 5.59. The third kappa shape index (κ3) is 5.22. The number of benzene rings is 2. The van der Waals surface area contributed by atoms with E-state index in [2.05, 4.69) is 4.90 Å². The van der Waals surface area contributed by atoms with E-state index >= 15 is 0 Å². The third-order valence-electron chi connectivity index (χ3n) is 5.48. The number of carbonyl (C=O) groups excluding carboxylic acids is 3. The van der Waals surface area contributed by atoms with E-state index < -0.39 is 0 Å². The second-order valence-corrected chi connectivity index (χ2v) is 9.10. The predicted octanol–water partition coefficient (Wildman–Crippen LogP) is 3.98. The van der Waals surface area contributed by atoms with Crippen LogP contribution in [0, 0.1) is 0 Å². The Morgan fingerprint density at radius 2 is 1.74 bits per heavy atom. The fourth-order valence-electron chi connectivity index (χ4n) is 3.79. The number of ether oxygens (including phenoxy) is 1. The number of hydrogen-bond donors (Lipinski definition) is 0. The number of para-hydroxylation sites is 1. The topological polar surface area (TPSA) is 83.0 Å². The first-order chi connectivity index (χ1) is 15.9. The number of amides is 3. The van der Waals surface area contributed by atoms with Crippen LogP contribution in [0.3, 0.4) is 0 Å². The van der Waals surface area contributed by atoms with E-state index in [4.69, 9.17) is 9.72 Å². The summed E-state index contributed by atoms with van der Waals surface area (Å²) in [4.78, 5) is 47.2. The summed E-state index contributed by atoms with van der Waals surface area (Å²) in [6.07, 6.45) is 1.22. The van der Waals surface area contributed by atoms with Crippen molar-refractivity contribution in [1.82, 2.24) is 9.88 Å². The van der Waals surface area contributed by atoms with Crippen LogP contribution in [0.25, 0.3) is 10.2 Å². The van der Waals surface area contributed by atoms with Crippen LogP contribution in [0.5, 0.6) is 5.75 Å². The molecule has 2 heterocycles. The lowest BCUT2D eigenvalue weighted by atomic mass is 10.1. The number of imide groups is 1. The Bertz CT molecular complexity index is 1180. The standard InChI is InChI=1S/C24H26N4O4S.ClH/c1-26(2)14-5-15-27(24-25-22-18(32-3)6-4-7-19(22)33-24)23(31)16-8-10-17(11-9-16)28-20(29)12-13-21(28)30;/h4,6-11H,5,12-15H2,1-3H3;1H. The fourth-order valence-corrected chi connectivity index (χ4v) is 4.80. The van der Waals surface area contributed by atoms with Gasteiger partial charge in [0.05, 0.1) is 17.5 Å². The molecule has 1 aromatic heterocycles. The summed E-state index contributed by atoms with van der Waals surface area (Å²) in [6, 6.07) is 12.3. The quantitative estimate of drug-likeness (QED) is 0.433. The Labute approximate surface area is 208 Å². The molecule has 4 rings (SSSR count). The molecule has 0 N–H and O–H groups in total. The Balaban J connectivity index is 0.00000324. The molecule has 3 amide bonds. The molecule has 0 saturated carbocycles. The highest BCUT2D eigenvalue weighted by Gasteiger charge is 2.30. The third-order valence-corrected chi connectivity index (χ3v) is 6.52. The summed E-state index contributed by atoms with van der Waals surface area (Å²) in [5.41, 5.74) is 1.68. The molecular formula is C24H27ClN4O4S. The van der Waals surface area contributed by atoms with Gasteiger partial charge in [-0.2, -0.15) is 0 Å². The highest BCUT2D eigenvalue weighted by atomic mass is 35.5. The molecule has 8 nitrogen and oxygen atoms in total. The van der Waals surface area contributed by atoms with Crippen LogP contribution in [0.1, 0.15) is 29.6 Å². The molecule has 0 atom stereocenters. The van der Waals surface area contributed by atoms with Crippen molar-refractivity contribution in [3.05, 3.63) is 48.0 Å². The molecule has 0 aliphatic carbocycles. The van der Waals surface area contributed by atoms with Gasteiger partial charge in [-0.1, -0.05) is 17.4 Å². The van der Waals surface area contributed by atoms with E-state index in [9.17, 15) is 14.4 Å². The molecule has 1 aliphatic rings. The first kappa shape index (κ1) is 25.6. The lowest BCUT2D eigenvalue weighted by molar-refractivity contribution is -0.121. The van der Waals surface area contributed by atoms with Crippen molar-refractivity contribution in [3.63, 3.8) is 0 Å². The molecule has 0 spiro atoms. The number of fused-ring (bicyclic) bond motifs is 1. The fraction of sp³-hybridized carbons (Fsp3) is 0.333. The molecule has 0 bridgehead atoms. The maximum absolute atomic E-state index is 13.5. The van der Waals surface area contributed by atoms with Crippen LogP contribution in [-0.2, 0) is 9.59 Å². The van der Waals surface area contributed by atoms with Crippen molar-refractivity contribution in [1.29, 1.82) is 0 Å². The minimum atomic E-state index is -0.215. The van der Waals surface area contributed by atoms with Gasteiger partial charge in [-0.3, -0.25) is 24.2 Å². The molecule has 3 aromatic rings. The molecule has 0 radical (unpaired) electrons. The second kappa shape index (κ2) is 10.9. The van der Waals surface area contributed by atoms with Crippen LogP contribution in [-0.4, -0.2) is 61.9 Å². The summed E-state index contributed by atoms with van der Waals surface area (Å²) in [5.74, 6) is 0.0537. The molecule has 1 aliphatic heterocycles. The first-order valence-electron chi connectivity index (χ1n) is 10.7. The van der Waals surface area contributed by atoms with Crippen molar-refractivity contribution in [2.45, 2.75) is 19.3 Å². The van der Waals surface area contributed by atoms with Gasteiger partial charge >= 0.3 is 0 Å². The van der Waals surface area contributed by atoms with Gasteiger partial charge in [0.1, 0.15) is 11.3 Å². The van der Waals surface area contributed by atoms with Gasteiger partial charge < -0.3 is 9.64 Å². The SMILES string of the molecule is COc1cccc2sc(N(CCCN(C)C)C(=O)c3ccc(N4C(=O)CCC4=O)cc3)nc12.Cl. The highest BCUT2D eigenvalue weighted by Crippen LogP contribution is 2.35. The summed E-state index contributed by atoms with van der Waals surface area (Å²) < 4.78 is 6.37. The Morgan fingerprint density at radius 1 is 1.06 bits per heavy atom. The maximum atomic E-state index is 13.5. The number of carbonyl (C=O) groups is 3. The zero-order chi connectivity index (χ0) is 23.5. The van der Waals surface area contributed by atoms with Crippen LogP contribution in [0.4, 0.5) is 10.8 Å². The number of aromatic nitrogens is 1. The smallest absolute Gasteiger partial charge is 0.260 e. The van der Waals surface area contributed by atoms with Crippen molar-refractivity contribution in [2.75, 3.05) is 44.1 Å². The first-order valence-corrected chi connectivity index (χ1v) is 11.6. The van der Waals surface area contributed by atoms with Gasteiger partial charge in [0.15, 0.2) is 5.13 Å². The molecule has 10 heteroatoms. The lowest BCUT2D eigenvalue weighted by Gasteiger charge is -2.21. The molecule has 0 unspecified atom stereocenters. The van der Waals surface area contributed by atoms with E-state index in [1.165, 1.54) is 16.2 Å².